The number of fused-ring (bicyclic) bond motifs is 1. The van der Waals surface area contributed by atoms with Crippen LogP contribution in [0.15, 0.2) is 28.0 Å². The first kappa shape index (κ1) is 14.0. The molecule has 0 spiro atoms. The second-order valence-electron chi connectivity index (χ2n) is 4.73. The van der Waals surface area contributed by atoms with Crippen LogP contribution in [0.1, 0.15) is 25.0 Å². The highest BCUT2D eigenvalue weighted by molar-refractivity contribution is 9.59. The molecule has 1 atom stereocenters. The molecule has 0 aliphatic carbocycles. The predicted molar refractivity (Wildman–Crippen MR) is 74.8 cm³/mol. The molecule has 18 heavy (non-hydrogen) atoms. The largest absolute Gasteiger partial charge is 0.442 e. The van der Waals surface area contributed by atoms with Crippen LogP contribution in [0.5, 0.6) is 0 Å². The lowest BCUT2D eigenvalue weighted by Gasteiger charge is -2.36. The van der Waals surface area contributed by atoms with Gasteiger partial charge < -0.3 is 0 Å². The third-order valence-electron chi connectivity index (χ3n) is 2.98. The Labute approximate surface area is 114 Å². The van der Waals surface area contributed by atoms with Gasteiger partial charge in [-0.25, -0.2) is 0 Å². The molecular formula is C13H14BrF3S. The van der Waals surface area contributed by atoms with Crippen molar-refractivity contribution in [3.63, 3.8) is 0 Å². The summed E-state index contributed by atoms with van der Waals surface area (Å²) in [6.45, 7) is 5.43. The Hall–Kier alpha value is -0.420. The minimum absolute atomic E-state index is 0.131. The van der Waals surface area contributed by atoms with Crippen LogP contribution in [0.25, 0.3) is 6.08 Å². The highest BCUT2D eigenvalue weighted by Crippen LogP contribution is 2.82. The molecule has 1 heterocycles. The van der Waals surface area contributed by atoms with Crippen LogP contribution < -0.4 is 0 Å². The summed E-state index contributed by atoms with van der Waals surface area (Å²) in [5, 5.41) is 0. The summed E-state index contributed by atoms with van der Waals surface area (Å²) >= 11 is 3.06. The smallest absolute Gasteiger partial charge is 0.160 e. The standard InChI is InChI=1S/C13H14BrF3S/c1-8(2)11-7-10-5-4-9(3)6-12(10)18(11,14)13(15,16)17/h4-8H,1-3H3. The van der Waals surface area contributed by atoms with Gasteiger partial charge in [-0.3, -0.25) is 0 Å². The van der Waals surface area contributed by atoms with Crippen molar-refractivity contribution in [2.75, 3.05) is 0 Å². The molecular weight excluding hydrogens is 325 g/mol. The number of rotatable bonds is 1. The summed E-state index contributed by atoms with van der Waals surface area (Å²) in [6, 6.07) is 5.27. The van der Waals surface area contributed by atoms with E-state index in [1.807, 2.05) is 13.0 Å². The molecule has 0 nitrogen and oxygen atoms in total. The van der Waals surface area contributed by atoms with Crippen molar-refractivity contribution >= 4 is 29.4 Å². The molecule has 2 rings (SSSR count). The van der Waals surface area contributed by atoms with E-state index in [1.54, 1.807) is 32.1 Å². The number of aryl methyl sites for hydroxylation is 1. The van der Waals surface area contributed by atoms with Gasteiger partial charge in [0.25, 0.3) is 0 Å². The Morgan fingerprint density at radius 3 is 2.33 bits per heavy atom. The van der Waals surface area contributed by atoms with E-state index in [2.05, 4.69) is 14.8 Å². The predicted octanol–water partition coefficient (Wildman–Crippen LogP) is 6.00. The Bertz CT molecular complexity index is 519. The van der Waals surface area contributed by atoms with E-state index in [1.165, 1.54) is 0 Å². The van der Waals surface area contributed by atoms with Crippen LogP contribution in [0, 0.1) is 12.8 Å². The van der Waals surface area contributed by atoms with Gasteiger partial charge in [-0.15, -0.1) is 0 Å². The molecule has 1 aliphatic rings. The maximum atomic E-state index is 13.5. The number of halogens is 4. The Kier molecular flexibility index (Phi) is 3.35. The third-order valence-corrected chi connectivity index (χ3v) is 9.09. The van der Waals surface area contributed by atoms with Crippen LogP contribution in [-0.2, 0) is 0 Å². The molecule has 5 heteroatoms. The molecule has 1 aromatic carbocycles. The minimum Gasteiger partial charge on any atom is -0.160 e. The molecule has 0 saturated heterocycles. The van der Waals surface area contributed by atoms with Crippen molar-refractivity contribution in [1.29, 1.82) is 0 Å². The molecule has 1 unspecified atom stereocenters. The highest BCUT2D eigenvalue weighted by Gasteiger charge is 2.55. The fraction of sp³-hybridized carbons (Fsp3) is 0.385. The van der Waals surface area contributed by atoms with Crippen molar-refractivity contribution < 1.29 is 13.2 Å². The maximum Gasteiger partial charge on any atom is 0.442 e. The van der Waals surface area contributed by atoms with Crippen LogP contribution in [0.3, 0.4) is 0 Å². The van der Waals surface area contributed by atoms with Gasteiger partial charge in [0.15, 0.2) is 0 Å². The monoisotopic (exact) mass is 338 g/mol. The first-order chi connectivity index (χ1) is 8.18. The fourth-order valence-electron chi connectivity index (χ4n) is 2.12. The molecule has 0 aromatic heterocycles. The van der Waals surface area contributed by atoms with Crippen LogP contribution in [-0.4, -0.2) is 5.51 Å². The van der Waals surface area contributed by atoms with Crippen molar-refractivity contribution in [3.8, 4) is 0 Å². The average molecular weight is 339 g/mol. The number of hydrogen-bond acceptors (Lipinski definition) is 0. The van der Waals surface area contributed by atoms with Crippen LogP contribution in [0.4, 0.5) is 13.2 Å². The summed E-state index contributed by atoms with van der Waals surface area (Å²) in [4.78, 5) is 0.842. The van der Waals surface area contributed by atoms with E-state index in [-0.39, 0.29) is 5.92 Å². The zero-order valence-electron chi connectivity index (χ0n) is 10.3. The van der Waals surface area contributed by atoms with Gasteiger partial charge in [-0.05, 0) is 64.3 Å². The summed E-state index contributed by atoms with van der Waals surface area (Å²) < 4.78 is 40.5. The van der Waals surface area contributed by atoms with Gasteiger partial charge in [-0.1, -0.05) is 26.0 Å². The summed E-state index contributed by atoms with van der Waals surface area (Å²) in [6.07, 6.45) is 1.69. The maximum absolute atomic E-state index is 13.5. The van der Waals surface area contributed by atoms with E-state index < -0.39 is 14.0 Å². The first-order valence-electron chi connectivity index (χ1n) is 5.59. The summed E-state index contributed by atoms with van der Waals surface area (Å²) in [5.74, 6) is -0.131. The van der Waals surface area contributed by atoms with E-state index >= 15 is 0 Å². The van der Waals surface area contributed by atoms with Crippen LogP contribution >= 0.6 is 23.3 Å². The zero-order valence-corrected chi connectivity index (χ0v) is 12.7. The molecule has 1 aliphatic heterocycles. The van der Waals surface area contributed by atoms with E-state index in [4.69, 9.17) is 0 Å². The first-order valence-corrected chi connectivity index (χ1v) is 9.07. The Morgan fingerprint density at radius 2 is 1.83 bits per heavy atom. The quantitative estimate of drug-likeness (QED) is 0.589. The molecule has 0 saturated carbocycles. The molecule has 0 amide bonds. The van der Waals surface area contributed by atoms with Gasteiger partial charge in [0, 0.05) is 4.90 Å². The third kappa shape index (κ3) is 1.92. The normalized spacial score (nSPS) is 26.8. The summed E-state index contributed by atoms with van der Waals surface area (Å²) in [7, 11) is -3.07. The lowest BCUT2D eigenvalue weighted by Crippen LogP contribution is -2.17. The van der Waals surface area contributed by atoms with Crippen molar-refractivity contribution in [2.24, 2.45) is 5.92 Å². The van der Waals surface area contributed by atoms with Crippen LogP contribution in [0.2, 0.25) is 0 Å². The minimum atomic E-state index is -4.26. The molecule has 0 N–H and O–H groups in total. The van der Waals surface area contributed by atoms with Crippen molar-refractivity contribution in [1.82, 2.24) is 0 Å². The fourth-order valence-corrected chi connectivity index (χ4v) is 6.87. The Balaban J connectivity index is 2.70. The van der Waals surface area contributed by atoms with Gasteiger partial charge in [0.05, 0.1) is 0 Å². The van der Waals surface area contributed by atoms with E-state index in [0.717, 1.165) is 5.56 Å². The van der Waals surface area contributed by atoms with Gasteiger partial charge >= 0.3 is 5.51 Å². The van der Waals surface area contributed by atoms with Gasteiger partial charge in [0.2, 0.25) is 0 Å². The van der Waals surface area contributed by atoms with Gasteiger partial charge in [-0.2, -0.15) is 13.2 Å². The van der Waals surface area contributed by atoms with Gasteiger partial charge in [0.1, 0.15) is 0 Å². The molecule has 0 fully saturated rings. The number of benzene rings is 1. The lowest BCUT2D eigenvalue weighted by atomic mass is 10.1. The number of allylic oxidation sites excluding steroid dienone is 1. The summed E-state index contributed by atoms with van der Waals surface area (Å²) in [5.41, 5.74) is -2.72. The van der Waals surface area contributed by atoms with Crippen molar-refractivity contribution in [2.45, 2.75) is 31.2 Å². The van der Waals surface area contributed by atoms with Crippen molar-refractivity contribution in [3.05, 3.63) is 34.2 Å². The highest BCUT2D eigenvalue weighted by atomic mass is 79.9. The second-order valence-corrected chi connectivity index (χ2v) is 10.1. The topological polar surface area (TPSA) is 0 Å². The van der Waals surface area contributed by atoms with E-state index in [9.17, 15) is 13.2 Å². The lowest BCUT2D eigenvalue weighted by molar-refractivity contribution is -0.0356. The number of alkyl halides is 3. The average Bonchev–Trinajstić information content (AvgIpc) is 2.53. The zero-order chi connectivity index (χ0) is 13.7. The van der Waals surface area contributed by atoms with E-state index in [0.29, 0.717) is 15.4 Å². The Morgan fingerprint density at radius 1 is 1.22 bits per heavy atom. The number of hydrogen-bond donors (Lipinski definition) is 0. The molecule has 0 bridgehead atoms. The molecule has 1 aromatic rings. The molecule has 100 valence electrons. The molecule has 0 radical (unpaired) electrons. The second kappa shape index (κ2) is 4.30. The SMILES string of the molecule is Cc1ccc2c(c1)S(Br)(C(F)(F)F)C(C(C)C)=C2.